The van der Waals surface area contributed by atoms with E-state index in [1.165, 1.54) is 17.8 Å². The van der Waals surface area contributed by atoms with Crippen LogP contribution in [0.25, 0.3) is 10.8 Å². The summed E-state index contributed by atoms with van der Waals surface area (Å²) in [7, 11) is -9.46. The Balaban J connectivity index is 2.28. The summed E-state index contributed by atoms with van der Waals surface area (Å²) >= 11 is 1.25. The van der Waals surface area contributed by atoms with Gasteiger partial charge < -0.3 is 5.11 Å². The topological polar surface area (TPSA) is 195 Å². The number of aromatic amines is 1. The van der Waals surface area contributed by atoms with E-state index in [9.17, 15) is 31.0 Å². The number of rotatable bonds is 5. The van der Waals surface area contributed by atoms with E-state index in [1.54, 1.807) is 6.26 Å². The molecule has 0 saturated heterocycles. The molecule has 1 aromatic heterocycles. The highest BCUT2D eigenvalue weighted by atomic mass is 32.2. The second-order valence-electron chi connectivity index (χ2n) is 5.25. The minimum atomic E-state index is -4.88. The van der Waals surface area contributed by atoms with Crippen LogP contribution in [0.15, 0.2) is 49.4 Å². The average molecular weight is 445 g/mol. The molecule has 3 aromatic rings. The minimum absolute atomic E-state index is 0.0470. The number of nitrogens with one attached hydrogen (secondary N) is 1. The van der Waals surface area contributed by atoms with Crippen LogP contribution in [0.4, 0.5) is 11.6 Å². The van der Waals surface area contributed by atoms with Crippen LogP contribution in [-0.4, -0.2) is 52.5 Å². The molecule has 148 valence electrons. The zero-order valence-electron chi connectivity index (χ0n) is 13.8. The van der Waals surface area contributed by atoms with Crippen molar-refractivity contribution >= 4 is 54.4 Å². The van der Waals surface area contributed by atoms with E-state index in [-0.39, 0.29) is 22.4 Å². The van der Waals surface area contributed by atoms with Gasteiger partial charge in [0.1, 0.15) is 10.6 Å². The SMILES string of the molecule is CSc1nc(/N=N/c2c(O)c(S(=O)(=O)O)cc3cc(S(=O)(=O)O)ccc23)n[nH]1. The molecule has 0 unspecified atom stereocenters. The first-order valence-electron chi connectivity index (χ1n) is 7.13. The summed E-state index contributed by atoms with van der Waals surface area (Å²) in [4.78, 5) is 2.51. The summed E-state index contributed by atoms with van der Waals surface area (Å²) in [5, 5.41) is 24.5. The fraction of sp³-hybridized carbons (Fsp3) is 0.0769. The lowest BCUT2D eigenvalue weighted by atomic mass is 10.1. The summed E-state index contributed by atoms with van der Waals surface area (Å²) < 4.78 is 64.3. The lowest BCUT2D eigenvalue weighted by molar-refractivity contribution is 0.445. The third-order valence-corrected chi connectivity index (χ3v) is 5.77. The van der Waals surface area contributed by atoms with E-state index in [0.29, 0.717) is 5.16 Å². The molecule has 2 aromatic carbocycles. The van der Waals surface area contributed by atoms with Gasteiger partial charge in [-0.1, -0.05) is 17.8 Å². The Labute approximate surface area is 162 Å². The molecule has 0 atom stereocenters. The van der Waals surface area contributed by atoms with E-state index in [0.717, 1.165) is 18.2 Å². The van der Waals surface area contributed by atoms with Gasteiger partial charge in [-0.25, -0.2) is 0 Å². The van der Waals surface area contributed by atoms with Crippen molar-refractivity contribution in [2.24, 2.45) is 10.2 Å². The summed E-state index contributed by atoms with van der Waals surface area (Å²) in [5.74, 6) is -1.01. The quantitative estimate of drug-likeness (QED) is 0.257. The molecule has 0 spiro atoms. The lowest BCUT2D eigenvalue weighted by Crippen LogP contribution is -2.00. The molecular weight excluding hydrogens is 434 g/mol. The Bertz CT molecular complexity index is 1320. The summed E-state index contributed by atoms with van der Waals surface area (Å²) in [6.07, 6.45) is 1.74. The van der Waals surface area contributed by atoms with Crippen molar-refractivity contribution in [1.82, 2.24) is 15.2 Å². The fourth-order valence-corrected chi connectivity index (χ4v) is 3.70. The molecule has 0 aliphatic carbocycles. The number of nitrogens with zero attached hydrogens (tertiary/aromatic N) is 4. The predicted molar refractivity (Wildman–Crippen MR) is 97.6 cm³/mol. The van der Waals surface area contributed by atoms with Crippen LogP contribution < -0.4 is 0 Å². The number of benzene rings is 2. The number of fused-ring (bicyclic) bond motifs is 1. The first-order valence-corrected chi connectivity index (χ1v) is 11.2. The number of thioether (sulfide) groups is 1. The highest BCUT2D eigenvalue weighted by Crippen LogP contribution is 2.41. The zero-order chi connectivity index (χ0) is 20.7. The van der Waals surface area contributed by atoms with Crippen LogP contribution in [-0.2, 0) is 20.2 Å². The van der Waals surface area contributed by atoms with Crippen LogP contribution in [0.1, 0.15) is 0 Å². The Hall–Kier alpha value is -2.59. The molecule has 3 rings (SSSR count). The van der Waals surface area contributed by atoms with Crippen molar-refractivity contribution in [2.45, 2.75) is 14.9 Å². The molecular formula is C13H11N5O7S3. The van der Waals surface area contributed by atoms with Gasteiger partial charge in [0.2, 0.25) is 0 Å². The Kier molecular flexibility index (Phi) is 5.11. The van der Waals surface area contributed by atoms with E-state index in [2.05, 4.69) is 25.4 Å². The normalized spacial score (nSPS) is 12.8. The summed E-state index contributed by atoms with van der Waals surface area (Å²) in [6.45, 7) is 0. The van der Waals surface area contributed by atoms with Gasteiger partial charge in [0.15, 0.2) is 10.9 Å². The fourth-order valence-electron chi connectivity index (χ4n) is 2.26. The second-order valence-corrected chi connectivity index (χ2v) is 8.86. The molecule has 12 nitrogen and oxygen atoms in total. The Morgan fingerprint density at radius 1 is 1.07 bits per heavy atom. The maximum absolute atomic E-state index is 11.6. The Morgan fingerprint density at radius 2 is 1.79 bits per heavy atom. The molecule has 28 heavy (non-hydrogen) atoms. The molecule has 0 fully saturated rings. The monoisotopic (exact) mass is 445 g/mol. The Morgan fingerprint density at radius 3 is 2.36 bits per heavy atom. The minimum Gasteiger partial charge on any atom is -0.504 e. The van der Waals surface area contributed by atoms with Crippen LogP contribution in [0.5, 0.6) is 5.75 Å². The molecule has 0 amide bonds. The zero-order valence-corrected chi connectivity index (χ0v) is 16.2. The standard InChI is InChI=1S/C13H11N5O7S3/c1-26-13-14-12(17-18-13)16-15-10-8-3-2-7(27(20,21)22)4-6(8)5-9(11(10)19)28(23,24)25/h2-5,19H,1H3,(H,14,17,18)(H,20,21,22)(H,23,24,25)/b16-15+. The van der Waals surface area contributed by atoms with Crippen molar-refractivity contribution in [2.75, 3.05) is 6.26 Å². The number of aromatic nitrogens is 3. The second kappa shape index (κ2) is 7.10. The van der Waals surface area contributed by atoms with Gasteiger partial charge in [-0.3, -0.25) is 14.2 Å². The smallest absolute Gasteiger partial charge is 0.298 e. The molecule has 0 aliphatic rings. The van der Waals surface area contributed by atoms with Gasteiger partial charge in [0.25, 0.3) is 26.2 Å². The molecule has 0 bridgehead atoms. The van der Waals surface area contributed by atoms with Gasteiger partial charge >= 0.3 is 0 Å². The average Bonchev–Trinajstić information content (AvgIpc) is 3.06. The van der Waals surface area contributed by atoms with E-state index in [4.69, 9.17) is 0 Å². The van der Waals surface area contributed by atoms with Crippen molar-refractivity contribution in [3.63, 3.8) is 0 Å². The lowest BCUT2D eigenvalue weighted by Gasteiger charge is -2.09. The molecule has 4 N–H and O–H groups in total. The van der Waals surface area contributed by atoms with Crippen molar-refractivity contribution in [1.29, 1.82) is 0 Å². The van der Waals surface area contributed by atoms with E-state index >= 15 is 0 Å². The number of phenols is 1. The molecule has 0 saturated carbocycles. The largest absolute Gasteiger partial charge is 0.504 e. The third-order valence-electron chi connectivity index (χ3n) is 3.48. The maximum atomic E-state index is 11.6. The number of hydrogen-bond donors (Lipinski definition) is 4. The first kappa shape index (κ1) is 20.2. The predicted octanol–water partition coefficient (Wildman–Crippen LogP) is 2.29. The number of azo groups is 1. The van der Waals surface area contributed by atoms with Gasteiger partial charge in [-0.05, 0) is 29.8 Å². The van der Waals surface area contributed by atoms with Crippen LogP contribution in [0.2, 0.25) is 0 Å². The number of phenolic OH excluding ortho intramolecular Hbond substituents is 1. The maximum Gasteiger partial charge on any atom is 0.298 e. The highest BCUT2D eigenvalue weighted by Gasteiger charge is 2.23. The summed E-state index contributed by atoms with van der Waals surface area (Å²) in [5.41, 5.74) is -0.373. The molecule has 15 heteroatoms. The van der Waals surface area contributed by atoms with Crippen molar-refractivity contribution in [3.8, 4) is 5.75 Å². The van der Waals surface area contributed by atoms with Gasteiger partial charge in [0, 0.05) is 5.39 Å². The van der Waals surface area contributed by atoms with Crippen LogP contribution >= 0.6 is 11.8 Å². The van der Waals surface area contributed by atoms with Crippen LogP contribution in [0.3, 0.4) is 0 Å². The van der Waals surface area contributed by atoms with E-state index in [1.807, 2.05) is 0 Å². The first-order chi connectivity index (χ1) is 13.0. The van der Waals surface area contributed by atoms with E-state index < -0.39 is 35.8 Å². The molecule has 1 heterocycles. The van der Waals surface area contributed by atoms with Crippen molar-refractivity contribution in [3.05, 3.63) is 24.3 Å². The van der Waals surface area contributed by atoms with Crippen molar-refractivity contribution < 1.29 is 31.0 Å². The molecule has 0 radical (unpaired) electrons. The highest BCUT2D eigenvalue weighted by molar-refractivity contribution is 7.98. The number of H-pyrrole nitrogens is 1. The number of aromatic hydroxyl groups is 1. The summed E-state index contributed by atoms with van der Waals surface area (Å²) in [6, 6.07) is 4.01. The molecule has 0 aliphatic heterocycles. The number of hydrogen-bond acceptors (Lipinski definition) is 10. The van der Waals surface area contributed by atoms with Crippen LogP contribution in [0, 0.1) is 0 Å². The van der Waals surface area contributed by atoms with Gasteiger partial charge in [-0.15, -0.1) is 15.3 Å². The van der Waals surface area contributed by atoms with Gasteiger partial charge in [-0.2, -0.15) is 21.8 Å². The van der Waals surface area contributed by atoms with Gasteiger partial charge in [0.05, 0.1) is 4.90 Å². The third kappa shape index (κ3) is 3.97.